The third-order valence-electron chi connectivity index (χ3n) is 3.79. The zero-order chi connectivity index (χ0) is 17.6. The van der Waals surface area contributed by atoms with E-state index in [4.69, 9.17) is 0 Å². The molecule has 1 saturated heterocycles. The van der Waals surface area contributed by atoms with E-state index in [1.165, 1.54) is 12.1 Å². The van der Waals surface area contributed by atoms with Gasteiger partial charge in [0.05, 0.1) is 5.92 Å². The molecule has 1 aromatic rings. The summed E-state index contributed by atoms with van der Waals surface area (Å²) in [5, 5.41) is 1.67. The predicted octanol–water partition coefficient (Wildman–Crippen LogP) is 0.924. The number of amides is 1. The summed E-state index contributed by atoms with van der Waals surface area (Å²) in [5.74, 6) is -1.51. The van der Waals surface area contributed by atoms with Crippen molar-refractivity contribution in [2.24, 2.45) is 5.92 Å². The summed E-state index contributed by atoms with van der Waals surface area (Å²) in [4.78, 5) is 12.2. The van der Waals surface area contributed by atoms with Crippen LogP contribution < -0.4 is 20.9 Å². The second-order valence-electron chi connectivity index (χ2n) is 5.70. The molecule has 24 heavy (non-hydrogen) atoms. The Morgan fingerprint density at radius 2 is 2.00 bits per heavy atom. The fourth-order valence-corrected chi connectivity index (χ4v) is 3.95. The molecule has 0 spiro atoms. The topological polar surface area (TPSA) is 99.3 Å². The van der Waals surface area contributed by atoms with Crippen LogP contribution in [0.25, 0.3) is 0 Å². The Morgan fingerprint density at radius 1 is 1.29 bits per heavy atom. The first-order valence-corrected chi connectivity index (χ1v) is 9.52. The van der Waals surface area contributed by atoms with Crippen molar-refractivity contribution < 1.29 is 17.6 Å². The van der Waals surface area contributed by atoms with E-state index in [1.54, 1.807) is 0 Å². The van der Waals surface area contributed by atoms with Crippen LogP contribution in [0.1, 0.15) is 26.2 Å². The molecule has 0 aromatic heterocycles. The number of hydrogen-bond donors (Lipinski definition) is 4. The van der Waals surface area contributed by atoms with Crippen LogP contribution in [0.15, 0.2) is 24.3 Å². The number of benzene rings is 1. The SMILES string of the molecule is CCCCCNC(=O)C1CNNC1S(=O)(=O)Nc1ccc(F)cc1. The Balaban J connectivity index is 1.99. The maximum absolute atomic E-state index is 12.9. The largest absolute Gasteiger partial charge is 0.356 e. The highest BCUT2D eigenvalue weighted by Gasteiger charge is 2.41. The third-order valence-corrected chi connectivity index (χ3v) is 5.42. The number of anilines is 1. The van der Waals surface area contributed by atoms with Crippen molar-refractivity contribution in [3.05, 3.63) is 30.1 Å². The molecule has 0 radical (unpaired) electrons. The van der Waals surface area contributed by atoms with Gasteiger partial charge >= 0.3 is 0 Å². The highest BCUT2D eigenvalue weighted by molar-refractivity contribution is 7.93. The Kier molecular flexibility index (Phi) is 6.52. The van der Waals surface area contributed by atoms with Gasteiger partial charge in [0.15, 0.2) is 5.37 Å². The Labute approximate surface area is 141 Å². The number of hydrogen-bond acceptors (Lipinski definition) is 5. The molecule has 2 atom stereocenters. The quantitative estimate of drug-likeness (QED) is 0.518. The number of sulfonamides is 1. The molecule has 1 fully saturated rings. The van der Waals surface area contributed by atoms with Gasteiger partial charge in [0.25, 0.3) is 10.0 Å². The summed E-state index contributed by atoms with van der Waals surface area (Å²) in [6.45, 7) is 2.81. The van der Waals surface area contributed by atoms with E-state index in [9.17, 15) is 17.6 Å². The third kappa shape index (κ3) is 4.89. The van der Waals surface area contributed by atoms with Gasteiger partial charge in [-0.1, -0.05) is 19.8 Å². The molecule has 1 aliphatic heterocycles. The second-order valence-corrected chi connectivity index (χ2v) is 7.51. The lowest BCUT2D eigenvalue weighted by Gasteiger charge is -2.19. The average molecular weight is 358 g/mol. The number of halogens is 1. The van der Waals surface area contributed by atoms with Crippen LogP contribution in [-0.2, 0) is 14.8 Å². The molecule has 1 aliphatic rings. The van der Waals surface area contributed by atoms with Crippen LogP contribution >= 0.6 is 0 Å². The second kappa shape index (κ2) is 8.41. The van der Waals surface area contributed by atoms with E-state index < -0.39 is 27.1 Å². The standard InChI is InChI=1S/C15H23FN4O3S/c1-2-3-4-9-17-14(21)13-10-18-19-15(13)24(22,23)20-12-7-5-11(16)6-8-12/h5-8,13,15,18-20H,2-4,9-10H2,1H3,(H,17,21). The Morgan fingerprint density at radius 3 is 2.67 bits per heavy atom. The molecule has 1 heterocycles. The van der Waals surface area contributed by atoms with Gasteiger partial charge in [0, 0.05) is 18.8 Å². The van der Waals surface area contributed by atoms with Gasteiger partial charge in [-0.25, -0.2) is 18.2 Å². The summed E-state index contributed by atoms with van der Waals surface area (Å²) >= 11 is 0. The lowest BCUT2D eigenvalue weighted by molar-refractivity contribution is -0.124. The minimum absolute atomic E-state index is 0.217. The van der Waals surface area contributed by atoms with Crippen LogP contribution in [0.2, 0.25) is 0 Å². The number of nitrogens with one attached hydrogen (secondary N) is 4. The van der Waals surface area contributed by atoms with Gasteiger partial charge in [0.2, 0.25) is 5.91 Å². The van der Waals surface area contributed by atoms with Crippen molar-refractivity contribution in [3.8, 4) is 0 Å². The average Bonchev–Trinajstić information content (AvgIpc) is 3.04. The molecule has 0 aliphatic carbocycles. The highest BCUT2D eigenvalue weighted by atomic mass is 32.2. The number of carbonyl (C=O) groups excluding carboxylic acids is 1. The van der Waals surface area contributed by atoms with Crippen LogP contribution in [0.5, 0.6) is 0 Å². The first-order valence-electron chi connectivity index (χ1n) is 7.97. The van der Waals surface area contributed by atoms with E-state index >= 15 is 0 Å². The number of rotatable bonds is 8. The number of carbonyl (C=O) groups is 1. The molecule has 0 bridgehead atoms. The van der Waals surface area contributed by atoms with Gasteiger partial charge in [-0.15, -0.1) is 0 Å². The lowest BCUT2D eigenvalue weighted by Crippen LogP contribution is -2.46. The molecule has 9 heteroatoms. The number of unbranched alkanes of at least 4 members (excludes halogenated alkanes) is 2. The van der Waals surface area contributed by atoms with Crippen molar-refractivity contribution in [1.29, 1.82) is 0 Å². The van der Waals surface area contributed by atoms with E-state index in [0.717, 1.165) is 31.4 Å². The Hall–Kier alpha value is -1.71. The monoisotopic (exact) mass is 358 g/mol. The van der Waals surface area contributed by atoms with Crippen LogP contribution in [-0.4, -0.2) is 32.8 Å². The summed E-state index contributed by atoms with van der Waals surface area (Å²) in [6, 6.07) is 4.98. The smallest absolute Gasteiger partial charge is 0.250 e. The highest BCUT2D eigenvalue weighted by Crippen LogP contribution is 2.18. The number of hydrazine groups is 1. The van der Waals surface area contributed by atoms with E-state index in [-0.39, 0.29) is 18.1 Å². The van der Waals surface area contributed by atoms with Crippen LogP contribution in [0, 0.1) is 11.7 Å². The van der Waals surface area contributed by atoms with Gasteiger partial charge in [-0.05, 0) is 30.7 Å². The summed E-state index contributed by atoms with van der Waals surface area (Å²) in [5.41, 5.74) is 5.58. The van der Waals surface area contributed by atoms with Gasteiger partial charge in [-0.3, -0.25) is 14.9 Å². The summed E-state index contributed by atoms with van der Waals surface area (Å²) in [6.07, 6.45) is 2.91. The Bertz CT molecular complexity index is 651. The molecule has 1 aromatic carbocycles. The lowest BCUT2D eigenvalue weighted by atomic mass is 10.1. The zero-order valence-corrected chi connectivity index (χ0v) is 14.3. The van der Waals surface area contributed by atoms with Crippen molar-refractivity contribution in [2.45, 2.75) is 31.6 Å². The minimum atomic E-state index is -3.86. The van der Waals surface area contributed by atoms with Gasteiger partial charge in [-0.2, -0.15) is 0 Å². The molecular weight excluding hydrogens is 335 g/mol. The zero-order valence-electron chi connectivity index (χ0n) is 13.5. The maximum atomic E-state index is 12.9. The van der Waals surface area contributed by atoms with E-state index in [0.29, 0.717) is 6.54 Å². The van der Waals surface area contributed by atoms with E-state index in [2.05, 4.69) is 27.8 Å². The van der Waals surface area contributed by atoms with E-state index in [1.807, 2.05) is 0 Å². The van der Waals surface area contributed by atoms with Crippen LogP contribution in [0.3, 0.4) is 0 Å². The first kappa shape index (κ1) is 18.6. The predicted molar refractivity (Wildman–Crippen MR) is 89.9 cm³/mol. The molecule has 7 nitrogen and oxygen atoms in total. The molecular formula is C15H23FN4O3S. The van der Waals surface area contributed by atoms with Gasteiger partial charge < -0.3 is 5.32 Å². The molecule has 0 saturated carbocycles. The fourth-order valence-electron chi connectivity index (χ4n) is 2.46. The van der Waals surface area contributed by atoms with Crippen molar-refractivity contribution >= 4 is 21.6 Å². The van der Waals surface area contributed by atoms with Crippen LogP contribution in [0.4, 0.5) is 10.1 Å². The fraction of sp³-hybridized carbons (Fsp3) is 0.533. The molecule has 4 N–H and O–H groups in total. The maximum Gasteiger partial charge on any atom is 0.250 e. The molecule has 134 valence electrons. The molecule has 2 unspecified atom stereocenters. The summed E-state index contributed by atoms with van der Waals surface area (Å²) < 4.78 is 40.3. The molecule has 2 rings (SSSR count). The first-order chi connectivity index (χ1) is 11.4. The van der Waals surface area contributed by atoms with Crippen molar-refractivity contribution in [1.82, 2.24) is 16.2 Å². The molecule has 1 amide bonds. The van der Waals surface area contributed by atoms with Crippen molar-refractivity contribution in [3.63, 3.8) is 0 Å². The van der Waals surface area contributed by atoms with Gasteiger partial charge in [0.1, 0.15) is 5.82 Å². The summed E-state index contributed by atoms with van der Waals surface area (Å²) in [7, 11) is -3.86. The minimum Gasteiger partial charge on any atom is -0.356 e. The van der Waals surface area contributed by atoms with Crippen molar-refractivity contribution in [2.75, 3.05) is 17.8 Å². The normalized spacial score (nSPS) is 20.8.